The number of thioether (sulfide) groups is 1. The maximum absolute atomic E-state index is 10.5. The third-order valence-corrected chi connectivity index (χ3v) is 4.98. The van der Waals surface area contributed by atoms with Gasteiger partial charge in [0.1, 0.15) is 0 Å². The number of unbranched alkanes of at least 4 members (excludes halogenated alkanes) is 2. The molecule has 1 atom stereocenters. The molecular weight excluding hydrogens is 314 g/mol. The van der Waals surface area contributed by atoms with Crippen molar-refractivity contribution in [3.05, 3.63) is 34.4 Å². The molecule has 5 heteroatoms. The normalized spacial score (nSPS) is 12.3. The first kappa shape index (κ1) is 15.5. The van der Waals surface area contributed by atoms with Crippen LogP contribution in [-0.4, -0.2) is 15.5 Å². The molecule has 3 nitrogen and oxygen atoms in total. The van der Waals surface area contributed by atoms with E-state index >= 15 is 0 Å². The fourth-order valence-electron chi connectivity index (χ4n) is 1.55. The van der Waals surface area contributed by atoms with Crippen LogP contribution in [0.4, 0.5) is 5.69 Å². The van der Waals surface area contributed by atoms with Crippen LogP contribution in [0, 0.1) is 10.1 Å². The summed E-state index contributed by atoms with van der Waals surface area (Å²) < 4.78 is 0. The molecule has 0 aliphatic heterocycles. The van der Waals surface area contributed by atoms with Gasteiger partial charge in [-0.05, 0) is 18.6 Å². The molecule has 1 aromatic carbocycles. The SMILES string of the molecule is CCCCCC(Br)CSc1ccc([N+](=O)[O-])cc1. The van der Waals surface area contributed by atoms with Gasteiger partial charge in [-0.25, -0.2) is 0 Å². The molecule has 0 spiro atoms. The zero-order chi connectivity index (χ0) is 13.4. The van der Waals surface area contributed by atoms with Crippen molar-refractivity contribution in [1.82, 2.24) is 0 Å². The molecule has 0 heterocycles. The smallest absolute Gasteiger partial charge is 0.258 e. The van der Waals surface area contributed by atoms with Crippen molar-refractivity contribution in [1.29, 1.82) is 0 Å². The lowest BCUT2D eigenvalue weighted by atomic mass is 10.2. The molecular formula is C13H18BrNO2S. The molecule has 1 aromatic rings. The van der Waals surface area contributed by atoms with E-state index in [-0.39, 0.29) is 10.6 Å². The van der Waals surface area contributed by atoms with Gasteiger partial charge in [0.05, 0.1) is 4.92 Å². The van der Waals surface area contributed by atoms with E-state index in [1.165, 1.54) is 25.7 Å². The Bertz CT molecular complexity index is 370. The highest BCUT2D eigenvalue weighted by Crippen LogP contribution is 2.25. The van der Waals surface area contributed by atoms with Crippen molar-refractivity contribution in [2.24, 2.45) is 0 Å². The third-order valence-electron chi connectivity index (χ3n) is 2.60. The summed E-state index contributed by atoms with van der Waals surface area (Å²) in [5.74, 6) is 1.00. The summed E-state index contributed by atoms with van der Waals surface area (Å²) in [4.78, 5) is 11.7. The predicted molar refractivity (Wildman–Crippen MR) is 80.7 cm³/mol. The largest absolute Gasteiger partial charge is 0.269 e. The molecule has 0 radical (unpaired) electrons. The molecule has 0 N–H and O–H groups in total. The second kappa shape index (κ2) is 8.53. The summed E-state index contributed by atoms with van der Waals surface area (Å²) >= 11 is 5.41. The highest BCUT2D eigenvalue weighted by Gasteiger charge is 2.07. The molecule has 0 fully saturated rings. The van der Waals surface area contributed by atoms with Crippen LogP contribution in [0.2, 0.25) is 0 Å². The van der Waals surface area contributed by atoms with E-state index in [0.717, 1.165) is 10.6 Å². The Morgan fingerprint density at radius 3 is 2.56 bits per heavy atom. The van der Waals surface area contributed by atoms with Crippen LogP contribution in [0.3, 0.4) is 0 Å². The zero-order valence-corrected chi connectivity index (χ0v) is 12.9. The molecule has 0 aromatic heterocycles. The molecule has 100 valence electrons. The number of benzene rings is 1. The average molecular weight is 332 g/mol. The van der Waals surface area contributed by atoms with Gasteiger partial charge in [0.15, 0.2) is 0 Å². The fourth-order valence-corrected chi connectivity index (χ4v) is 3.14. The number of alkyl halides is 1. The third kappa shape index (κ3) is 5.87. The van der Waals surface area contributed by atoms with Gasteiger partial charge in [-0.3, -0.25) is 10.1 Å². The van der Waals surface area contributed by atoms with Gasteiger partial charge in [0.25, 0.3) is 5.69 Å². The van der Waals surface area contributed by atoms with E-state index in [9.17, 15) is 10.1 Å². The average Bonchev–Trinajstić information content (AvgIpc) is 2.37. The van der Waals surface area contributed by atoms with Gasteiger partial charge >= 0.3 is 0 Å². The molecule has 1 rings (SSSR count). The van der Waals surface area contributed by atoms with Gasteiger partial charge in [-0.2, -0.15) is 0 Å². The topological polar surface area (TPSA) is 43.1 Å². The number of hydrogen-bond donors (Lipinski definition) is 0. The lowest BCUT2D eigenvalue weighted by Crippen LogP contribution is -2.01. The number of hydrogen-bond acceptors (Lipinski definition) is 3. The second-order valence-corrected chi connectivity index (χ2v) is 6.54. The van der Waals surface area contributed by atoms with Gasteiger partial charge in [-0.15, -0.1) is 11.8 Å². The summed E-state index contributed by atoms with van der Waals surface area (Å²) in [6.07, 6.45) is 4.97. The van der Waals surface area contributed by atoms with Crippen LogP contribution in [0.15, 0.2) is 29.2 Å². The number of halogens is 1. The molecule has 0 saturated carbocycles. The Balaban J connectivity index is 2.32. The number of nitrogens with zero attached hydrogens (tertiary/aromatic N) is 1. The highest BCUT2D eigenvalue weighted by atomic mass is 79.9. The van der Waals surface area contributed by atoms with Crippen LogP contribution in [0.25, 0.3) is 0 Å². The van der Waals surface area contributed by atoms with Crippen LogP contribution in [0.5, 0.6) is 0 Å². The molecule has 0 saturated heterocycles. The molecule has 0 amide bonds. The number of nitro groups is 1. The Labute approximate surface area is 121 Å². The van der Waals surface area contributed by atoms with Crippen LogP contribution in [0.1, 0.15) is 32.6 Å². The molecule has 1 unspecified atom stereocenters. The van der Waals surface area contributed by atoms with Crippen molar-refractivity contribution >= 4 is 33.4 Å². The monoisotopic (exact) mass is 331 g/mol. The van der Waals surface area contributed by atoms with Crippen LogP contribution in [-0.2, 0) is 0 Å². The first-order valence-corrected chi connectivity index (χ1v) is 8.05. The Morgan fingerprint density at radius 2 is 2.00 bits per heavy atom. The lowest BCUT2D eigenvalue weighted by molar-refractivity contribution is -0.384. The van der Waals surface area contributed by atoms with Gasteiger partial charge in [0.2, 0.25) is 0 Å². The minimum absolute atomic E-state index is 0.151. The lowest BCUT2D eigenvalue weighted by Gasteiger charge is -2.08. The maximum Gasteiger partial charge on any atom is 0.269 e. The minimum Gasteiger partial charge on any atom is -0.258 e. The van der Waals surface area contributed by atoms with Crippen molar-refractivity contribution in [2.75, 3.05) is 5.75 Å². The van der Waals surface area contributed by atoms with E-state index < -0.39 is 0 Å². The molecule has 0 aliphatic carbocycles. The van der Waals surface area contributed by atoms with Crippen molar-refractivity contribution < 1.29 is 4.92 Å². The molecule has 0 bridgehead atoms. The Hall–Kier alpha value is -0.550. The first-order valence-electron chi connectivity index (χ1n) is 6.14. The minimum atomic E-state index is -0.369. The summed E-state index contributed by atoms with van der Waals surface area (Å²) in [6.45, 7) is 2.20. The van der Waals surface area contributed by atoms with E-state index in [4.69, 9.17) is 0 Å². The maximum atomic E-state index is 10.5. The zero-order valence-electron chi connectivity index (χ0n) is 10.5. The van der Waals surface area contributed by atoms with E-state index in [1.54, 1.807) is 23.9 Å². The van der Waals surface area contributed by atoms with Crippen molar-refractivity contribution in [3.8, 4) is 0 Å². The number of non-ortho nitro benzene ring substituents is 1. The predicted octanol–water partition coefficient (Wildman–Crippen LogP) is 5.03. The van der Waals surface area contributed by atoms with Crippen molar-refractivity contribution in [2.45, 2.75) is 42.3 Å². The van der Waals surface area contributed by atoms with Crippen molar-refractivity contribution in [3.63, 3.8) is 0 Å². The van der Waals surface area contributed by atoms with Crippen LogP contribution < -0.4 is 0 Å². The summed E-state index contributed by atoms with van der Waals surface area (Å²) in [5.41, 5.74) is 0.151. The van der Waals surface area contributed by atoms with Crippen LogP contribution >= 0.6 is 27.7 Å². The van der Waals surface area contributed by atoms with Gasteiger partial charge < -0.3 is 0 Å². The Morgan fingerprint density at radius 1 is 1.33 bits per heavy atom. The second-order valence-electron chi connectivity index (χ2n) is 4.16. The number of nitro benzene ring substituents is 1. The standard InChI is InChI=1S/C13H18BrNO2S/c1-2-3-4-5-11(14)10-18-13-8-6-12(7-9-13)15(16)17/h6-9,11H,2-5,10H2,1H3. The summed E-state index contributed by atoms with van der Waals surface area (Å²) in [6, 6.07) is 6.74. The first-order chi connectivity index (χ1) is 8.63. The van der Waals surface area contributed by atoms with Gasteiger partial charge in [0, 0.05) is 27.6 Å². The Kier molecular flexibility index (Phi) is 7.35. The van der Waals surface area contributed by atoms with E-state index in [1.807, 2.05) is 12.1 Å². The van der Waals surface area contributed by atoms with E-state index in [2.05, 4.69) is 22.9 Å². The highest BCUT2D eigenvalue weighted by molar-refractivity contribution is 9.09. The number of rotatable bonds is 8. The van der Waals surface area contributed by atoms with E-state index in [0.29, 0.717) is 4.83 Å². The van der Waals surface area contributed by atoms with Gasteiger partial charge in [-0.1, -0.05) is 42.1 Å². The quantitative estimate of drug-likeness (QED) is 0.220. The fraction of sp³-hybridized carbons (Fsp3) is 0.538. The summed E-state index contributed by atoms with van der Waals surface area (Å²) in [5, 5.41) is 10.5. The summed E-state index contributed by atoms with van der Waals surface area (Å²) in [7, 11) is 0. The molecule has 0 aliphatic rings. The molecule has 18 heavy (non-hydrogen) atoms.